The lowest BCUT2D eigenvalue weighted by Crippen LogP contribution is -2.29. The summed E-state index contributed by atoms with van der Waals surface area (Å²) in [4.78, 5) is 23.1. The molecule has 9 nitrogen and oxygen atoms in total. The average molecular weight is 490 g/mol. The third kappa shape index (κ3) is 5.99. The highest BCUT2D eigenvalue weighted by Gasteiger charge is 2.19. The van der Waals surface area contributed by atoms with E-state index in [4.69, 9.17) is 16.3 Å². The van der Waals surface area contributed by atoms with Gasteiger partial charge in [-0.1, -0.05) is 23.7 Å². The highest BCUT2D eigenvalue weighted by atomic mass is 35.5. The first kappa shape index (κ1) is 24.0. The van der Waals surface area contributed by atoms with Gasteiger partial charge in [-0.25, -0.2) is 8.42 Å². The first-order chi connectivity index (χ1) is 15.6. The Kier molecular flexibility index (Phi) is 7.19. The Hall–Kier alpha value is -3.63. The minimum atomic E-state index is -3.61. The predicted octanol–water partition coefficient (Wildman–Crippen LogP) is 4.48. The summed E-state index contributed by atoms with van der Waals surface area (Å²) in [6.45, 7) is 0.0897. The van der Waals surface area contributed by atoms with Gasteiger partial charge in [0.15, 0.2) is 0 Å². The number of hydrogen-bond donors (Lipinski definition) is 1. The number of sulfonamides is 1. The topological polar surface area (TPSA) is 119 Å². The molecule has 3 aromatic carbocycles. The zero-order valence-electron chi connectivity index (χ0n) is 17.7. The highest BCUT2D eigenvalue weighted by Crippen LogP contribution is 2.29. The maximum absolute atomic E-state index is 12.7. The normalized spacial score (nSPS) is 11.0. The van der Waals surface area contributed by atoms with Crippen LogP contribution in [0.3, 0.4) is 0 Å². The lowest BCUT2D eigenvalue weighted by molar-refractivity contribution is -0.384. The molecule has 0 bridgehead atoms. The Bertz CT molecular complexity index is 1280. The van der Waals surface area contributed by atoms with Crippen LogP contribution in [0.2, 0.25) is 5.02 Å². The van der Waals surface area contributed by atoms with E-state index in [0.717, 1.165) is 11.8 Å². The van der Waals surface area contributed by atoms with E-state index in [1.807, 2.05) is 0 Å². The number of hydrogen-bond acceptors (Lipinski definition) is 6. The Balaban J connectivity index is 1.83. The van der Waals surface area contributed by atoms with Crippen LogP contribution in [0.4, 0.5) is 17.1 Å². The van der Waals surface area contributed by atoms with Crippen molar-refractivity contribution in [2.45, 2.75) is 6.54 Å². The first-order valence-electron chi connectivity index (χ1n) is 9.54. The van der Waals surface area contributed by atoms with Crippen LogP contribution in [0.25, 0.3) is 0 Å². The van der Waals surface area contributed by atoms with Crippen LogP contribution >= 0.6 is 11.6 Å². The van der Waals surface area contributed by atoms with E-state index >= 15 is 0 Å². The number of non-ortho nitro benzene ring substituents is 1. The molecule has 1 N–H and O–H groups in total. The molecule has 0 saturated heterocycles. The zero-order valence-corrected chi connectivity index (χ0v) is 19.3. The maximum atomic E-state index is 12.7. The molecule has 0 saturated carbocycles. The number of halogens is 1. The fraction of sp³-hybridized carbons (Fsp3) is 0.136. The van der Waals surface area contributed by atoms with Gasteiger partial charge in [0.2, 0.25) is 10.0 Å². The minimum Gasteiger partial charge on any atom is -0.495 e. The summed E-state index contributed by atoms with van der Waals surface area (Å²) in [5.41, 5.74) is 1.28. The molecule has 0 spiro atoms. The van der Waals surface area contributed by atoms with Crippen molar-refractivity contribution in [2.24, 2.45) is 0 Å². The van der Waals surface area contributed by atoms with Crippen LogP contribution in [-0.4, -0.2) is 32.6 Å². The highest BCUT2D eigenvalue weighted by molar-refractivity contribution is 7.92. The second kappa shape index (κ2) is 9.88. The monoisotopic (exact) mass is 489 g/mol. The van der Waals surface area contributed by atoms with Crippen molar-refractivity contribution in [3.05, 3.63) is 93.0 Å². The number of amides is 1. The van der Waals surface area contributed by atoms with Crippen molar-refractivity contribution < 1.29 is 22.9 Å². The predicted molar refractivity (Wildman–Crippen MR) is 127 cm³/mol. The molecule has 3 aromatic rings. The Morgan fingerprint density at radius 1 is 1.09 bits per heavy atom. The number of nitrogens with zero attached hydrogens (tertiary/aromatic N) is 2. The minimum absolute atomic E-state index is 0.0897. The van der Waals surface area contributed by atoms with E-state index in [-0.39, 0.29) is 29.2 Å². The van der Waals surface area contributed by atoms with E-state index < -0.39 is 20.9 Å². The molecule has 0 aliphatic carbocycles. The van der Waals surface area contributed by atoms with Gasteiger partial charge in [-0.15, -0.1) is 0 Å². The first-order valence-corrected chi connectivity index (χ1v) is 11.8. The Morgan fingerprint density at radius 2 is 1.73 bits per heavy atom. The number of benzene rings is 3. The van der Waals surface area contributed by atoms with E-state index in [0.29, 0.717) is 10.7 Å². The van der Waals surface area contributed by atoms with Crippen molar-refractivity contribution >= 4 is 44.6 Å². The molecule has 1 amide bonds. The SMILES string of the molecule is COc1ccc([N+](=O)[O-])cc1NC(=O)c1ccc(N(Cc2ccc(Cl)cc2)S(C)(=O)=O)cc1. The Morgan fingerprint density at radius 3 is 2.27 bits per heavy atom. The molecule has 0 aliphatic heterocycles. The van der Waals surface area contributed by atoms with Crippen molar-refractivity contribution in [1.82, 2.24) is 0 Å². The zero-order chi connectivity index (χ0) is 24.2. The molecule has 172 valence electrons. The summed E-state index contributed by atoms with van der Waals surface area (Å²) in [6.07, 6.45) is 1.10. The molecule has 0 fully saturated rings. The van der Waals surface area contributed by atoms with Crippen molar-refractivity contribution in [2.75, 3.05) is 23.0 Å². The number of ether oxygens (including phenoxy) is 1. The quantitative estimate of drug-likeness (QED) is 0.368. The smallest absolute Gasteiger partial charge is 0.271 e. The molecule has 0 radical (unpaired) electrons. The summed E-state index contributed by atoms with van der Waals surface area (Å²) in [5, 5.41) is 14.2. The van der Waals surface area contributed by atoms with Gasteiger partial charge in [0, 0.05) is 22.7 Å². The molecule has 0 heterocycles. The standard InChI is InChI=1S/C22H20ClN3O6S/c1-32-21-12-11-19(26(28)29)13-20(21)24-22(27)16-5-9-18(10-6-16)25(33(2,30)31)14-15-3-7-17(23)8-4-15/h3-13H,14H2,1-2H3,(H,24,27). The number of methoxy groups -OCH3 is 1. The van der Waals surface area contributed by atoms with E-state index in [1.54, 1.807) is 24.3 Å². The molecular formula is C22H20ClN3O6S. The van der Waals surface area contributed by atoms with Gasteiger partial charge in [-0.3, -0.25) is 19.2 Å². The van der Waals surface area contributed by atoms with Gasteiger partial charge in [-0.05, 0) is 48.0 Å². The average Bonchev–Trinajstić information content (AvgIpc) is 2.78. The van der Waals surface area contributed by atoms with Crippen LogP contribution in [0.1, 0.15) is 15.9 Å². The second-order valence-corrected chi connectivity index (χ2v) is 9.38. The van der Waals surface area contributed by atoms with Gasteiger partial charge >= 0.3 is 0 Å². The summed E-state index contributed by atoms with van der Waals surface area (Å²) in [7, 11) is -2.23. The number of nitrogens with one attached hydrogen (secondary N) is 1. The molecule has 33 heavy (non-hydrogen) atoms. The largest absolute Gasteiger partial charge is 0.495 e. The van der Waals surface area contributed by atoms with E-state index in [2.05, 4.69) is 5.32 Å². The Labute approximate surface area is 195 Å². The molecule has 0 aliphatic rings. The fourth-order valence-electron chi connectivity index (χ4n) is 3.04. The van der Waals surface area contributed by atoms with Crippen molar-refractivity contribution in [1.29, 1.82) is 0 Å². The van der Waals surface area contributed by atoms with Gasteiger partial charge in [-0.2, -0.15) is 0 Å². The van der Waals surface area contributed by atoms with Crippen LogP contribution in [-0.2, 0) is 16.6 Å². The number of rotatable bonds is 8. The number of nitro benzene ring substituents is 1. The summed E-state index contributed by atoms with van der Waals surface area (Å²) >= 11 is 5.89. The molecule has 0 aromatic heterocycles. The van der Waals surface area contributed by atoms with Crippen LogP contribution < -0.4 is 14.4 Å². The van der Waals surface area contributed by atoms with E-state index in [1.165, 1.54) is 53.9 Å². The third-order valence-electron chi connectivity index (χ3n) is 4.70. The van der Waals surface area contributed by atoms with Crippen LogP contribution in [0.15, 0.2) is 66.7 Å². The molecular weight excluding hydrogens is 470 g/mol. The lowest BCUT2D eigenvalue weighted by atomic mass is 10.1. The van der Waals surface area contributed by atoms with Crippen LogP contribution in [0.5, 0.6) is 5.75 Å². The molecule has 0 atom stereocenters. The van der Waals surface area contributed by atoms with Gasteiger partial charge in [0.05, 0.1) is 36.2 Å². The van der Waals surface area contributed by atoms with Crippen molar-refractivity contribution in [3.8, 4) is 5.75 Å². The summed E-state index contributed by atoms with van der Waals surface area (Å²) < 4.78 is 31.1. The second-order valence-electron chi connectivity index (χ2n) is 7.04. The van der Waals surface area contributed by atoms with Crippen LogP contribution in [0, 0.1) is 10.1 Å². The number of anilines is 2. The maximum Gasteiger partial charge on any atom is 0.271 e. The summed E-state index contributed by atoms with van der Waals surface area (Å²) in [6, 6.07) is 16.6. The van der Waals surface area contributed by atoms with Gasteiger partial charge in [0.1, 0.15) is 5.75 Å². The van der Waals surface area contributed by atoms with Crippen molar-refractivity contribution in [3.63, 3.8) is 0 Å². The number of carbonyl (C=O) groups is 1. The summed E-state index contributed by atoms with van der Waals surface area (Å²) in [5.74, 6) is -0.277. The number of carbonyl (C=O) groups excluding carboxylic acids is 1. The molecule has 3 rings (SSSR count). The molecule has 0 unspecified atom stereocenters. The number of nitro groups is 1. The van der Waals surface area contributed by atoms with Gasteiger partial charge < -0.3 is 10.1 Å². The van der Waals surface area contributed by atoms with E-state index in [9.17, 15) is 23.3 Å². The van der Waals surface area contributed by atoms with Gasteiger partial charge in [0.25, 0.3) is 11.6 Å². The third-order valence-corrected chi connectivity index (χ3v) is 6.09. The fourth-order valence-corrected chi connectivity index (χ4v) is 4.05. The lowest BCUT2D eigenvalue weighted by Gasteiger charge is -2.23. The molecule has 11 heteroatoms.